The lowest BCUT2D eigenvalue weighted by molar-refractivity contribution is -0.152. The van der Waals surface area contributed by atoms with Crippen LogP contribution in [0.25, 0.3) is 0 Å². The quantitative estimate of drug-likeness (QED) is 0.248. The molecule has 0 aliphatic carbocycles. The first kappa shape index (κ1) is 21.4. The third-order valence-electron chi connectivity index (χ3n) is 3.66. The van der Waals surface area contributed by atoms with Gasteiger partial charge in [-0.05, 0) is 12.8 Å². The van der Waals surface area contributed by atoms with Gasteiger partial charge in [0.15, 0.2) is 0 Å². The van der Waals surface area contributed by atoms with Gasteiger partial charge in [0, 0.05) is 0 Å². The topological polar surface area (TPSA) is 52.6 Å². The van der Waals surface area contributed by atoms with E-state index in [0.29, 0.717) is 0 Å². The SMILES string of the molecule is CCCCCCCCCCC[C@H](CC(=O)OC)OC(=O)CBr. The Morgan fingerprint density at radius 2 is 1.45 bits per heavy atom. The highest BCUT2D eigenvalue weighted by atomic mass is 79.9. The van der Waals surface area contributed by atoms with Gasteiger partial charge in [-0.3, -0.25) is 9.59 Å². The van der Waals surface area contributed by atoms with Crippen molar-refractivity contribution in [1.29, 1.82) is 0 Å². The van der Waals surface area contributed by atoms with E-state index in [1.165, 1.54) is 52.1 Å². The van der Waals surface area contributed by atoms with Crippen molar-refractivity contribution in [3.63, 3.8) is 0 Å². The maximum absolute atomic E-state index is 11.3. The van der Waals surface area contributed by atoms with Crippen LogP contribution in [0.1, 0.15) is 77.6 Å². The van der Waals surface area contributed by atoms with Crippen molar-refractivity contribution >= 4 is 27.9 Å². The molecule has 0 bridgehead atoms. The first-order valence-corrected chi connectivity index (χ1v) is 9.58. The molecule has 0 saturated carbocycles. The molecule has 0 aliphatic heterocycles. The monoisotopic (exact) mass is 378 g/mol. The number of carbonyl (C=O) groups excluding carboxylic acids is 2. The summed E-state index contributed by atoms with van der Waals surface area (Å²) in [6.45, 7) is 2.23. The first-order chi connectivity index (χ1) is 10.6. The minimum atomic E-state index is -0.359. The molecule has 5 heteroatoms. The summed E-state index contributed by atoms with van der Waals surface area (Å²) in [6, 6.07) is 0. The number of alkyl halides is 1. The van der Waals surface area contributed by atoms with Gasteiger partial charge in [0.05, 0.1) is 13.5 Å². The van der Waals surface area contributed by atoms with Gasteiger partial charge in [-0.15, -0.1) is 0 Å². The molecule has 0 amide bonds. The third kappa shape index (κ3) is 13.1. The number of methoxy groups -OCH3 is 1. The molecule has 4 nitrogen and oxygen atoms in total. The van der Waals surface area contributed by atoms with E-state index < -0.39 is 0 Å². The number of esters is 2. The Labute approximate surface area is 143 Å². The molecule has 0 rings (SSSR count). The molecule has 0 aromatic carbocycles. The second kappa shape index (κ2) is 15.3. The summed E-state index contributed by atoms with van der Waals surface area (Å²) in [5, 5.41) is 0.155. The summed E-state index contributed by atoms with van der Waals surface area (Å²) in [4.78, 5) is 22.7. The predicted octanol–water partition coefficient (Wildman–Crippen LogP) is 4.78. The molecule has 0 aromatic heterocycles. The fraction of sp³-hybridized carbons (Fsp3) is 0.882. The lowest BCUT2D eigenvalue weighted by atomic mass is 10.0. The maximum atomic E-state index is 11.3. The van der Waals surface area contributed by atoms with Crippen molar-refractivity contribution in [2.75, 3.05) is 12.4 Å². The van der Waals surface area contributed by atoms with E-state index >= 15 is 0 Å². The van der Waals surface area contributed by atoms with Crippen LogP contribution in [0.5, 0.6) is 0 Å². The highest BCUT2D eigenvalue weighted by Gasteiger charge is 2.18. The molecular weight excluding hydrogens is 348 g/mol. The molecule has 130 valence electrons. The average molecular weight is 379 g/mol. The highest BCUT2D eigenvalue weighted by Crippen LogP contribution is 2.15. The summed E-state index contributed by atoms with van der Waals surface area (Å²) in [5.74, 6) is -0.659. The van der Waals surface area contributed by atoms with Crippen LogP contribution < -0.4 is 0 Å². The highest BCUT2D eigenvalue weighted by molar-refractivity contribution is 9.09. The van der Waals surface area contributed by atoms with Crippen LogP contribution in [0.2, 0.25) is 0 Å². The van der Waals surface area contributed by atoms with E-state index in [9.17, 15) is 9.59 Å². The minimum absolute atomic E-state index is 0.145. The molecule has 0 fully saturated rings. The van der Waals surface area contributed by atoms with E-state index in [1.54, 1.807) is 0 Å². The van der Waals surface area contributed by atoms with Gasteiger partial charge in [-0.25, -0.2) is 0 Å². The fourth-order valence-corrected chi connectivity index (χ4v) is 2.50. The summed E-state index contributed by atoms with van der Waals surface area (Å²) < 4.78 is 9.90. The second-order valence-electron chi connectivity index (χ2n) is 5.64. The smallest absolute Gasteiger partial charge is 0.316 e. The summed E-state index contributed by atoms with van der Waals surface area (Å²) in [6.07, 6.45) is 11.7. The van der Waals surface area contributed by atoms with Crippen molar-refractivity contribution in [2.24, 2.45) is 0 Å². The predicted molar refractivity (Wildman–Crippen MR) is 92.2 cm³/mol. The molecule has 0 radical (unpaired) electrons. The van der Waals surface area contributed by atoms with Gasteiger partial charge in [0.25, 0.3) is 0 Å². The minimum Gasteiger partial charge on any atom is -0.469 e. The Morgan fingerprint density at radius 3 is 1.95 bits per heavy atom. The molecule has 0 heterocycles. The number of halogens is 1. The van der Waals surface area contributed by atoms with Crippen LogP contribution in [-0.2, 0) is 19.1 Å². The van der Waals surface area contributed by atoms with Crippen LogP contribution in [0, 0.1) is 0 Å². The van der Waals surface area contributed by atoms with E-state index in [0.717, 1.165) is 19.3 Å². The summed E-state index contributed by atoms with van der Waals surface area (Å²) in [7, 11) is 1.35. The summed E-state index contributed by atoms with van der Waals surface area (Å²) in [5.41, 5.74) is 0. The van der Waals surface area contributed by atoms with Gasteiger partial charge in [-0.2, -0.15) is 0 Å². The standard InChI is InChI=1S/C17H31BrO4/c1-3-4-5-6-7-8-9-10-11-12-15(13-16(19)21-2)22-17(20)14-18/h15H,3-14H2,1-2H3/t15-/m1/s1. The maximum Gasteiger partial charge on any atom is 0.316 e. The largest absolute Gasteiger partial charge is 0.469 e. The number of unbranched alkanes of at least 4 members (excludes halogenated alkanes) is 8. The van der Waals surface area contributed by atoms with Gasteiger partial charge < -0.3 is 9.47 Å². The van der Waals surface area contributed by atoms with Gasteiger partial charge >= 0.3 is 11.9 Å². The average Bonchev–Trinajstić information content (AvgIpc) is 2.52. The lowest BCUT2D eigenvalue weighted by Gasteiger charge is -2.16. The first-order valence-electron chi connectivity index (χ1n) is 8.46. The molecule has 0 aliphatic rings. The zero-order chi connectivity index (χ0) is 16.6. The third-order valence-corrected chi connectivity index (χ3v) is 4.12. The van der Waals surface area contributed by atoms with E-state index in [2.05, 4.69) is 27.6 Å². The second-order valence-corrected chi connectivity index (χ2v) is 6.20. The van der Waals surface area contributed by atoms with Crippen LogP contribution in [0.4, 0.5) is 0 Å². The zero-order valence-electron chi connectivity index (χ0n) is 14.1. The van der Waals surface area contributed by atoms with Gasteiger partial charge in [0.2, 0.25) is 0 Å². The van der Waals surface area contributed by atoms with Gasteiger partial charge in [-0.1, -0.05) is 74.2 Å². The fourth-order valence-electron chi connectivity index (χ4n) is 2.37. The zero-order valence-corrected chi connectivity index (χ0v) is 15.7. The Bertz CT molecular complexity index is 276. The Morgan fingerprint density at radius 1 is 0.909 bits per heavy atom. The number of carbonyl (C=O) groups is 2. The molecule has 0 aromatic rings. The van der Waals surface area contributed by atoms with Crippen LogP contribution in [0.15, 0.2) is 0 Å². The Kier molecular flexibility index (Phi) is 14.9. The van der Waals surface area contributed by atoms with Crippen LogP contribution >= 0.6 is 15.9 Å². The molecule has 22 heavy (non-hydrogen) atoms. The Hall–Kier alpha value is -0.580. The van der Waals surface area contributed by atoms with E-state index in [4.69, 9.17) is 4.74 Å². The van der Waals surface area contributed by atoms with Crippen molar-refractivity contribution in [3.8, 4) is 0 Å². The van der Waals surface area contributed by atoms with Gasteiger partial charge in [0.1, 0.15) is 11.4 Å². The van der Waals surface area contributed by atoms with E-state index in [-0.39, 0.29) is 29.8 Å². The van der Waals surface area contributed by atoms with Crippen molar-refractivity contribution in [3.05, 3.63) is 0 Å². The van der Waals surface area contributed by atoms with Crippen molar-refractivity contribution in [2.45, 2.75) is 83.7 Å². The number of ether oxygens (including phenoxy) is 2. The lowest BCUT2D eigenvalue weighted by Crippen LogP contribution is -2.23. The number of rotatable bonds is 14. The number of hydrogen-bond donors (Lipinski definition) is 0. The van der Waals surface area contributed by atoms with Crippen LogP contribution in [-0.4, -0.2) is 30.5 Å². The van der Waals surface area contributed by atoms with Crippen molar-refractivity contribution < 1.29 is 19.1 Å². The summed E-state index contributed by atoms with van der Waals surface area (Å²) >= 11 is 3.06. The molecule has 0 saturated heterocycles. The normalized spacial score (nSPS) is 12.0. The van der Waals surface area contributed by atoms with Crippen molar-refractivity contribution in [1.82, 2.24) is 0 Å². The molecule has 1 atom stereocenters. The molecular formula is C17H31BrO4. The molecule has 0 N–H and O–H groups in total. The molecule has 0 unspecified atom stereocenters. The van der Waals surface area contributed by atoms with Crippen LogP contribution in [0.3, 0.4) is 0 Å². The Balaban J connectivity index is 3.74. The van der Waals surface area contributed by atoms with E-state index in [1.807, 2.05) is 0 Å². The molecule has 0 spiro atoms. The number of hydrogen-bond acceptors (Lipinski definition) is 4.